The Morgan fingerprint density at radius 3 is 2.52 bits per heavy atom. The number of alkyl halides is 3. The number of halogens is 3. The summed E-state index contributed by atoms with van der Waals surface area (Å²) in [6.07, 6.45) is 2.71. The van der Waals surface area contributed by atoms with Gasteiger partial charge in [0, 0.05) is 49.7 Å². The zero-order valence-corrected chi connectivity index (χ0v) is 28.2. The van der Waals surface area contributed by atoms with E-state index in [1.165, 1.54) is 12.4 Å². The molecule has 0 bridgehead atoms. The van der Waals surface area contributed by atoms with Gasteiger partial charge in [-0.25, -0.2) is 4.98 Å². The maximum absolute atomic E-state index is 13.8. The monoisotopic (exact) mass is 717 g/mol. The highest BCUT2D eigenvalue weighted by Gasteiger charge is 2.44. The first-order valence-electron chi connectivity index (χ1n) is 17.5. The minimum Gasteiger partial charge on any atom is -0.388 e. The fourth-order valence-corrected chi connectivity index (χ4v) is 7.38. The highest BCUT2D eigenvalue weighted by molar-refractivity contribution is 6.25. The van der Waals surface area contributed by atoms with E-state index < -0.39 is 41.6 Å². The van der Waals surface area contributed by atoms with E-state index in [-0.39, 0.29) is 47.2 Å². The van der Waals surface area contributed by atoms with Crippen molar-refractivity contribution in [1.29, 1.82) is 5.41 Å². The van der Waals surface area contributed by atoms with E-state index >= 15 is 0 Å². The topological polar surface area (TPSA) is 166 Å². The lowest BCUT2D eigenvalue weighted by Crippen LogP contribution is -2.54. The number of rotatable bonds is 11. The van der Waals surface area contributed by atoms with E-state index in [1.807, 2.05) is 18.2 Å². The van der Waals surface area contributed by atoms with Gasteiger partial charge in [0.15, 0.2) is 0 Å². The van der Waals surface area contributed by atoms with Gasteiger partial charge in [0.25, 0.3) is 11.8 Å². The number of hydrogen-bond donors (Lipinski definition) is 4. The number of anilines is 1. The Bertz CT molecular complexity index is 1970. The van der Waals surface area contributed by atoms with Gasteiger partial charge in [0.05, 0.1) is 34.1 Å². The molecule has 3 fully saturated rings. The smallest absolute Gasteiger partial charge is 0.388 e. The Morgan fingerprint density at radius 1 is 1.00 bits per heavy atom. The molecule has 2 aromatic carbocycles. The molecule has 0 radical (unpaired) electrons. The van der Waals surface area contributed by atoms with Crippen LogP contribution in [0.25, 0.3) is 16.6 Å². The number of carbonyl (C=O) groups excluding carboxylic acids is 4. The Morgan fingerprint density at radius 2 is 1.77 bits per heavy atom. The van der Waals surface area contributed by atoms with Gasteiger partial charge in [-0.05, 0) is 92.7 Å². The van der Waals surface area contributed by atoms with E-state index in [0.29, 0.717) is 42.4 Å². The lowest BCUT2D eigenvalue weighted by atomic mass is 9.77. The number of allylic oxidation sites excluding steroid dienone is 1. The first-order valence-corrected chi connectivity index (χ1v) is 17.5. The fourth-order valence-electron chi connectivity index (χ4n) is 7.38. The van der Waals surface area contributed by atoms with Gasteiger partial charge in [-0.2, -0.15) is 13.2 Å². The Kier molecular flexibility index (Phi) is 9.79. The molecule has 4 amide bonds. The SMILES string of the molecule is N=C(/C(=C\NC1CC(CCCNc2ccc3c(c2)C(=O)N(C2CCC(=O)NC2=O)C3=O)C1)c1cnc2ccc(C3CCOCC3)cc2n1)C(F)(F)F. The molecule has 272 valence electrons. The van der Waals surface area contributed by atoms with Crippen LogP contribution in [0.3, 0.4) is 0 Å². The third-order valence-electron chi connectivity index (χ3n) is 10.3. The van der Waals surface area contributed by atoms with Crippen molar-refractivity contribution in [2.24, 2.45) is 5.92 Å². The molecule has 4 heterocycles. The van der Waals surface area contributed by atoms with E-state index in [2.05, 4.69) is 25.9 Å². The number of amides is 4. The normalized spacial score (nSPS) is 22.6. The molecule has 3 aromatic rings. The van der Waals surface area contributed by atoms with Gasteiger partial charge in [-0.1, -0.05) is 6.07 Å². The second kappa shape index (κ2) is 14.4. The van der Waals surface area contributed by atoms with Crippen molar-refractivity contribution in [3.8, 4) is 0 Å². The molecule has 2 saturated heterocycles. The predicted octanol–water partition coefficient (Wildman–Crippen LogP) is 5.11. The van der Waals surface area contributed by atoms with Crippen molar-refractivity contribution in [3.63, 3.8) is 0 Å². The summed E-state index contributed by atoms with van der Waals surface area (Å²) in [5.74, 6) is -1.57. The van der Waals surface area contributed by atoms with Crippen LogP contribution in [0.15, 0.2) is 48.8 Å². The standard InChI is InChI=1S/C37H38F3N7O5/c38-37(39,40)33(41)27(30-19-44-28-6-3-22(16-29(28)45-30)21-9-12-52-13-10-21)18-43-24-14-20(15-24)2-1-11-42-23-4-5-25-26(17-23)36(51)47(35(25)50)31-7-8-32(48)46-34(31)49/h3-6,16-21,24,31,41-43H,1-2,7-15H2,(H,46,48,49)/b27-18-,41-33?. The molecular weight excluding hydrogens is 679 g/mol. The Labute approximate surface area is 297 Å². The number of fused-ring (bicyclic) bond motifs is 2. The summed E-state index contributed by atoms with van der Waals surface area (Å²) in [7, 11) is 0. The molecule has 1 aliphatic carbocycles. The molecule has 0 spiro atoms. The first kappa shape index (κ1) is 35.2. The number of nitrogens with zero attached hydrogens (tertiary/aromatic N) is 3. The molecule has 4 N–H and O–H groups in total. The van der Waals surface area contributed by atoms with E-state index in [0.717, 1.165) is 49.0 Å². The number of carbonyl (C=O) groups is 4. The van der Waals surface area contributed by atoms with Gasteiger partial charge >= 0.3 is 6.18 Å². The molecule has 12 nitrogen and oxygen atoms in total. The number of nitrogens with one attached hydrogen (secondary N) is 4. The van der Waals surface area contributed by atoms with Crippen LogP contribution in [0.2, 0.25) is 0 Å². The molecule has 15 heteroatoms. The Balaban J connectivity index is 0.919. The average molecular weight is 718 g/mol. The summed E-state index contributed by atoms with van der Waals surface area (Å²) in [4.78, 5) is 59.6. The van der Waals surface area contributed by atoms with Crippen LogP contribution in [-0.4, -0.2) is 82.2 Å². The van der Waals surface area contributed by atoms with Crippen molar-refractivity contribution in [1.82, 2.24) is 25.5 Å². The minimum absolute atomic E-state index is 0.0188. The van der Waals surface area contributed by atoms with Crippen LogP contribution in [-0.2, 0) is 14.3 Å². The van der Waals surface area contributed by atoms with Crippen molar-refractivity contribution < 1.29 is 37.1 Å². The lowest BCUT2D eigenvalue weighted by Gasteiger charge is -2.36. The lowest BCUT2D eigenvalue weighted by molar-refractivity contribution is -0.136. The highest BCUT2D eigenvalue weighted by atomic mass is 19.4. The molecule has 1 aromatic heterocycles. The molecular formula is C37H38F3N7O5. The zero-order valence-electron chi connectivity index (χ0n) is 28.2. The first-order chi connectivity index (χ1) is 25.0. The average Bonchev–Trinajstić information content (AvgIpc) is 3.36. The Hall–Kier alpha value is -5.18. The maximum atomic E-state index is 13.8. The second-order valence-electron chi connectivity index (χ2n) is 13.8. The van der Waals surface area contributed by atoms with Crippen LogP contribution >= 0.6 is 0 Å². The number of benzene rings is 2. The maximum Gasteiger partial charge on any atom is 0.433 e. The van der Waals surface area contributed by atoms with Crippen LogP contribution in [0, 0.1) is 11.3 Å². The summed E-state index contributed by atoms with van der Waals surface area (Å²) >= 11 is 0. The molecule has 3 aliphatic heterocycles. The predicted molar refractivity (Wildman–Crippen MR) is 185 cm³/mol. The third kappa shape index (κ3) is 7.27. The molecule has 1 saturated carbocycles. The minimum atomic E-state index is -4.86. The van der Waals surface area contributed by atoms with E-state index in [4.69, 9.17) is 10.1 Å². The van der Waals surface area contributed by atoms with E-state index in [1.54, 1.807) is 18.2 Å². The summed E-state index contributed by atoms with van der Waals surface area (Å²) < 4.78 is 46.8. The third-order valence-corrected chi connectivity index (χ3v) is 10.3. The van der Waals surface area contributed by atoms with Gasteiger partial charge < -0.3 is 15.4 Å². The van der Waals surface area contributed by atoms with Crippen molar-refractivity contribution in [2.45, 2.75) is 75.5 Å². The number of hydrogen-bond acceptors (Lipinski definition) is 10. The van der Waals surface area contributed by atoms with Crippen molar-refractivity contribution in [3.05, 3.63) is 71.2 Å². The van der Waals surface area contributed by atoms with E-state index in [9.17, 15) is 32.3 Å². The zero-order chi connectivity index (χ0) is 36.6. The molecule has 7 rings (SSSR count). The van der Waals surface area contributed by atoms with Crippen molar-refractivity contribution in [2.75, 3.05) is 25.1 Å². The quantitative estimate of drug-likeness (QED) is 0.120. The summed E-state index contributed by atoms with van der Waals surface area (Å²) in [6, 6.07) is 9.46. The highest BCUT2D eigenvalue weighted by Crippen LogP contribution is 2.34. The van der Waals surface area contributed by atoms with Crippen LogP contribution < -0.4 is 16.0 Å². The molecule has 52 heavy (non-hydrogen) atoms. The molecule has 1 atom stereocenters. The molecule has 1 unspecified atom stereocenters. The van der Waals surface area contributed by atoms with Gasteiger partial charge in [0.1, 0.15) is 11.8 Å². The largest absolute Gasteiger partial charge is 0.433 e. The summed E-state index contributed by atoms with van der Waals surface area (Å²) in [5.41, 5.74) is 1.29. The van der Waals surface area contributed by atoms with Gasteiger partial charge in [-0.15, -0.1) is 0 Å². The second-order valence-corrected chi connectivity index (χ2v) is 13.8. The van der Waals surface area contributed by atoms with Crippen LogP contribution in [0.5, 0.6) is 0 Å². The van der Waals surface area contributed by atoms with Gasteiger partial charge in [0.2, 0.25) is 11.8 Å². The fraction of sp³-hybridized carbons (Fsp3) is 0.432. The number of imide groups is 2. The summed E-state index contributed by atoms with van der Waals surface area (Å²) in [6.45, 7) is 1.91. The van der Waals surface area contributed by atoms with Crippen LogP contribution in [0.1, 0.15) is 89.3 Å². The van der Waals surface area contributed by atoms with Crippen LogP contribution in [0.4, 0.5) is 18.9 Å². The number of aromatic nitrogens is 2. The number of ether oxygens (including phenoxy) is 1. The molecule has 4 aliphatic rings. The summed E-state index contributed by atoms with van der Waals surface area (Å²) in [5, 5.41) is 16.5. The van der Waals surface area contributed by atoms with Gasteiger partial charge in [-0.3, -0.25) is 39.8 Å². The number of piperidine rings is 1. The van der Waals surface area contributed by atoms with Crippen molar-refractivity contribution >= 4 is 51.6 Å².